The van der Waals surface area contributed by atoms with E-state index in [-0.39, 0.29) is 22.8 Å². The van der Waals surface area contributed by atoms with Crippen molar-refractivity contribution in [3.8, 4) is 11.5 Å². The van der Waals surface area contributed by atoms with Crippen molar-refractivity contribution >= 4 is 22.5 Å². The second-order valence-electron chi connectivity index (χ2n) is 6.18. The van der Waals surface area contributed by atoms with Gasteiger partial charge in [-0.1, -0.05) is 24.3 Å². The van der Waals surface area contributed by atoms with Crippen LogP contribution in [0.15, 0.2) is 36.4 Å². The summed E-state index contributed by atoms with van der Waals surface area (Å²) in [6, 6.07) is 9.49. The summed E-state index contributed by atoms with van der Waals surface area (Å²) in [5.74, 6) is -1.64. The largest absolute Gasteiger partial charge is 0.507 e. The lowest BCUT2D eigenvalue weighted by molar-refractivity contribution is 0.0471. The van der Waals surface area contributed by atoms with Gasteiger partial charge in [0.05, 0.1) is 0 Å². The Balaban J connectivity index is 1.82. The maximum atomic E-state index is 12.3. The van der Waals surface area contributed by atoms with Gasteiger partial charge in [-0.25, -0.2) is 4.79 Å². The molecule has 1 aromatic heterocycles. The van der Waals surface area contributed by atoms with E-state index < -0.39 is 12.6 Å². The van der Waals surface area contributed by atoms with Crippen molar-refractivity contribution in [3.05, 3.63) is 58.9 Å². The number of aromatic hydroxyl groups is 2. The quantitative estimate of drug-likeness (QED) is 0.427. The number of phenols is 2. The Hall–Kier alpha value is -3.28. The lowest BCUT2D eigenvalue weighted by Gasteiger charge is -2.10. The van der Waals surface area contributed by atoms with Crippen molar-refractivity contribution in [1.29, 1.82) is 0 Å². The Morgan fingerprint density at radius 2 is 1.69 bits per heavy atom. The van der Waals surface area contributed by atoms with E-state index in [2.05, 4.69) is 0 Å². The summed E-state index contributed by atoms with van der Waals surface area (Å²) in [4.78, 5) is 24.6. The number of aryl methyl sites for hydroxylation is 1. The summed E-state index contributed by atoms with van der Waals surface area (Å²) in [7, 11) is 1.85. The molecule has 2 aromatic carbocycles. The summed E-state index contributed by atoms with van der Waals surface area (Å²) >= 11 is 0. The van der Waals surface area contributed by atoms with Crippen LogP contribution in [-0.2, 0) is 11.8 Å². The number of rotatable bonds is 4. The van der Waals surface area contributed by atoms with E-state index in [1.807, 2.05) is 25.5 Å². The standard InChI is InChI=1S/C20H19NO5/c1-11-8-15(12(2)21(11)3)18(23)10-26-20(25)16-9-17(22)13-6-4-5-7-14(13)19(16)24/h4-9,22,24H,10H2,1-3H3. The Labute approximate surface area is 150 Å². The van der Waals surface area contributed by atoms with Crippen LogP contribution >= 0.6 is 0 Å². The normalized spacial score (nSPS) is 10.9. The molecule has 2 N–H and O–H groups in total. The van der Waals surface area contributed by atoms with E-state index in [4.69, 9.17) is 4.74 Å². The fourth-order valence-electron chi connectivity index (χ4n) is 2.92. The summed E-state index contributed by atoms with van der Waals surface area (Å²) in [5.41, 5.74) is 2.02. The van der Waals surface area contributed by atoms with Crippen molar-refractivity contribution in [3.63, 3.8) is 0 Å². The number of Topliss-reactive ketones (excluding diaryl/α,β-unsaturated/α-hetero) is 1. The average molecular weight is 353 g/mol. The number of hydrogen-bond acceptors (Lipinski definition) is 5. The minimum atomic E-state index is -0.873. The fraction of sp³-hybridized carbons (Fsp3) is 0.200. The molecule has 0 spiro atoms. The smallest absolute Gasteiger partial charge is 0.342 e. The van der Waals surface area contributed by atoms with Crippen LogP contribution in [-0.4, -0.2) is 33.1 Å². The third-order valence-corrected chi connectivity index (χ3v) is 4.62. The highest BCUT2D eigenvalue weighted by molar-refractivity contribution is 6.05. The van der Waals surface area contributed by atoms with Gasteiger partial charge in [0, 0.05) is 34.8 Å². The Morgan fingerprint density at radius 3 is 2.31 bits per heavy atom. The Kier molecular flexibility index (Phi) is 4.42. The molecular weight excluding hydrogens is 334 g/mol. The molecule has 0 atom stereocenters. The van der Waals surface area contributed by atoms with Gasteiger partial charge in [-0.3, -0.25) is 4.79 Å². The lowest BCUT2D eigenvalue weighted by Crippen LogP contribution is -2.15. The summed E-state index contributed by atoms with van der Waals surface area (Å²) in [5, 5.41) is 21.1. The second kappa shape index (κ2) is 6.55. The molecule has 6 nitrogen and oxygen atoms in total. The number of nitrogens with zero attached hydrogens (tertiary/aromatic N) is 1. The molecule has 1 heterocycles. The van der Waals surface area contributed by atoms with Crippen LogP contribution in [0.3, 0.4) is 0 Å². The fourth-order valence-corrected chi connectivity index (χ4v) is 2.92. The molecule has 134 valence electrons. The van der Waals surface area contributed by atoms with Gasteiger partial charge in [-0.15, -0.1) is 0 Å². The molecule has 3 aromatic rings. The van der Waals surface area contributed by atoms with Gasteiger partial charge >= 0.3 is 5.97 Å². The van der Waals surface area contributed by atoms with Crippen LogP contribution in [0.1, 0.15) is 32.1 Å². The second-order valence-corrected chi connectivity index (χ2v) is 6.18. The molecule has 0 amide bonds. The zero-order valence-corrected chi connectivity index (χ0v) is 14.7. The van der Waals surface area contributed by atoms with Gasteiger partial charge in [0.15, 0.2) is 6.61 Å². The predicted octanol–water partition coefficient (Wildman–Crippen LogP) is 3.25. The highest BCUT2D eigenvalue weighted by atomic mass is 16.5. The van der Waals surface area contributed by atoms with E-state index in [0.717, 1.165) is 17.5 Å². The molecule has 0 unspecified atom stereocenters. The Morgan fingerprint density at radius 1 is 1.04 bits per heavy atom. The van der Waals surface area contributed by atoms with E-state index in [1.165, 1.54) is 0 Å². The van der Waals surface area contributed by atoms with Crippen LogP contribution in [0.25, 0.3) is 10.8 Å². The van der Waals surface area contributed by atoms with Crippen LogP contribution in [0, 0.1) is 13.8 Å². The zero-order chi connectivity index (χ0) is 19.0. The highest BCUT2D eigenvalue weighted by Gasteiger charge is 2.21. The van der Waals surface area contributed by atoms with Crippen LogP contribution in [0.2, 0.25) is 0 Å². The van der Waals surface area contributed by atoms with Gasteiger partial charge < -0.3 is 19.5 Å². The number of carbonyl (C=O) groups excluding carboxylic acids is 2. The molecule has 0 aliphatic heterocycles. The first-order valence-corrected chi connectivity index (χ1v) is 8.08. The van der Waals surface area contributed by atoms with Crippen molar-refractivity contribution in [2.45, 2.75) is 13.8 Å². The number of fused-ring (bicyclic) bond motifs is 1. The third kappa shape index (κ3) is 2.90. The number of phenolic OH excluding ortho intramolecular Hbond substituents is 2. The van der Waals surface area contributed by atoms with Gasteiger partial charge in [-0.05, 0) is 26.0 Å². The van der Waals surface area contributed by atoms with Crippen LogP contribution in [0.5, 0.6) is 11.5 Å². The molecule has 0 fully saturated rings. The van der Waals surface area contributed by atoms with Crippen molar-refractivity contribution in [1.82, 2.24) is 4.57 Å². The molecule has 0 aliphatic rings. The first-order chi connectivity index (χ1) is 12.3. The number of hydrogen-bond donors (Lipinski definition) is 2. The van der Waals surface area contributed by atoms with Gasteiger partial charge in [0.2, 0.25) is 5.78 Å². The van der Waals surface area contributed by atoms with E-state index in [0.29, 0.717) is 16.3 Å². The Bertz CT molecular complexity index is 1030. The third-order valence-electron chi connectivity index (χ3n) is 4.62. The molecule has 0 bridgehead atoms. The SMILES string of the molecule is Cc1cc(C(=O)COC(=O)c2cc(O)c3ccccc3c2O)c(C)n1C. The maximum Gasteiger partial charge on any atom is 0.342 e. The van der Waals surface area contributed by atoms with E-state index >= 15 is 0 Å². The predicted molar refractivity (Wildman–Crippen MR) is 96.8 cm³/mol. The monoisotopic (exact) mass is 353 g/mol. The van der Waals surface area contributed by atoms with Crippen molar-refractivity contribution in [2.75, 3.05) is 6.61 Å². The molecule has 26 heavy (non-hydrogen) atoms. The van der Waals surface area contributed by atoms with E-state index in [9.17, 15) is 19.8 Å². The van der Waals surface area contributed by atoms with Gasteiger partial charge in [0.25, 0.3) is 0 Å². The number of aromatic nitrogens is 1. The van der Waals surface area contributed by atoms with Gasteiger partial charge in [0.1, 0.15) is 17.1 Å². The summed E-state index contributed by atoms with van der Waals surface area (Å²) < 4.78 is 6.94. The lowest BCUT2D eigenvalue weighted by atomic mass is 10.0. The molecule has 0 saturated heterocycles. The molecule has 0 radical (unpaired) electrons. The topological polar surface area (TPSA) is 88.8 Å². The zero-order valence-electron chi connectivity index (χ0n) is 14.7. The number of benzene rings is 2. The first kappa shape index (κ1) is 17.5. The molecule has 0 saturated carbocycles. The van der Waals surface area contributed by atoms with Crippen LogP contribution < -0.4 is 0 Å². The summed E-state index contributed by atoms with van der Waals surface area (Å²) in [6.07, 6.45) is 0. The molecular formula is C20H19NO5. The molecule has 0 aliphatic carbocycles. The number of esters is 1. The average Bonchev–Trinajstić information content (AvgIpc) is 2.90. The van der Waals surface area contributed by atoms with Crippen molar-refractivity contribution in [2.24, 2.45) is 7.05 Å². The highest BCUT2D eigenvalue weighted by Crippen LogP contribution is 2.35. The minimum Gasteiger partial charge on any atom is -0.507 e. The number of ketones is 1. The summed E-state index contributed by atoms with van der Waals surface area (Å²) in [6.45, 7) is 3.25. The number of ether oxygens (including phenoxy) is 1. The number of carbonyl (C=O) groups is 2. The molecule has 3 rings (SSSR count). The van der Waals surface area contributed by atoms with Crippen molar-refractivity contribution < 1.29 is 24.5 Å². The van der Waals surface area contributed by atoms with Crippen LogP contribution in [0.4, 0.5) is 0 Å². The molecule has 6 heteroatoms. The minimum absolute atomic E-state index is 0.147. The van der Waals surface area contributed by atoms with Gasteiger partial charge in [-0.2, -0.15) is 0 Å². The van der Waals surface area contributed by atoms with E-state index in [1.54, 1.807) is 30.3 Å². The first-order valence-electron chi connectivity index (χ1n) is 8.08. The maximum absolute atomic E-state index is 12.3.